The average molecular weight is 271 g/mol. The van der Waals surface area contributed by atoms with Gasteiger partial charge in [0.25, 0.3) is 0 Å². The molecule has 0 heterocycles. The van der Waals surface area contributed by atoms with Crippen molar-refractivity contribution in [1.82, 2.24) is 5.32 Å². The van der Waals surface area contributed by atoms with Crippen LogP contribution >= 0.6 is 11.6 Å². The number of likely N-dealkylation sites (N-methyl/N-ethyl adjacent to an activating group) is 1. The highest BCUT2D eigenvalue weighted by Gasteiger charge is 2.06. The molecule has 0 aliphatic rings. The van der Waals surface area contributed by atoms with Gasteiger partial charge in [-0.1, -0.05) is 24.6 Å². The lowest BCUT2D eigenvalue weighted by Crippen LogP contribution is -2.22. The van der Waals surface area contributed by atoms with Gasteiger partial charge in [0.15, 0.2) is 0 Å². The van der Waals surface area contributed by atoms with Gasteiger partial charge in [0, 0.05) is 27.2 Å². The van der Waals surface area contributed by atoms with Gasteiger partial charge >= 0.3 is 0 Å². The average Bonchev–Trinajstić information content (AvgIpc) is 2.36. The van der Waals surface area contributed by atoms with E-state index in [1.807, 2.05) is 13.1 Å². The Hall–Kier alpha value is -0.770. The zero-order valence-electron chi connectivity index (χ0n) is 11.5. The van der Waals surface area contributed by atoms with Crippen LogP contribution in [0.15, 0.2) is 18.2 Å². The van der Waals surface area contributed by atoms with Gasteiger partial charge in [-0.25, -0.2) is 0 Å². The number of nitrogens with one attached hydrogen (secondary N) is 1. The molecule has 0 aliphatic heterocycles. The maximum absolute atomic E-state index is 6.31. The van der Waals surface area contributed by atoms with Crippen LogP contribution in [0, 0.1) is 0 Å². The summed E-state index contributed by atoms with van der Waals surface area (Å²) in [6.07, 6.45) is 1.14. The molecule has 0 radical (unpaired) electrons. The maximum Gasteiger partial charge on any atom is 0.0642 e. The minimum absolute atomic E-state index is 0.701. The number of nitrogens with zero attached hydrogens (tertiary/aromatic N) is 1. The number of ether oxygens (including phenoxy) is 1. The molecule has 102 valence electrons. The second kappa shape index (κ2) is 8.35. The Morgan fingerprint density at radius 1 is 1.39 bits per heavy atom. The normalized spacial score (nSPS) is 10.7. The van der Waals surface area contributed by atoms with Crippen LogP contribution in [-0.4, -0.2) is 33.9 Å². The number of hydrogen-bond donors (Lipinski definition) is 1. The maximum atomic E-state index is 6.31. The molecule has 1 aromatic carbocycles. The van der Waals surface area contributed by atoms with Gasteiger partial charge in [0.2, 0.25) is 0 Å². The molecule has 0 fully saturated rings. The van der Waals surface area contributed by atoms with Crippen molar-refractivity contribution in [2.45, 2.75) is 19.9 Å². The first-order valence-corrected chi connectivity index (χ1v) is 6.76. The molecular formula is C14H23ClN2O. The standard InChI is InChI=1S/C14H23ClN2O/c1-4-7-16-11-12-5-6-14(13(15)10-12)17(2)8-9-18-3/h5-6,10,16H,4,7-9,11H2,1-3H3. The van der Waals surface area contributed by atoms with Crippen LogP contribution < -0.4 is 10.2 Å². The highest BCUT2D eigenvalue weighted by atomic mass is 35.5. The summed E-state index contributed by atoms with van der Waals surface area (Å²) in [5.74, 6) is 0. The molecule has 18 heavy (non-hydrogen) atoms. The van der Waals surface area contributed by atoms with Crippen molar-refractivity contribution in [1.29, 1.82) is 0 Å². The highest BCUT2D eigenvalue weighted by Crippen LogP contribution is 2.25. The molecule has 0 bridgehead atoms. The van der Waals surface area contributed by atoms with Crippen LogP contribution in [0.25, 0.3) is 0 Å². The quantitative estimate of drug-likeness (QED) is 0.735. The summed E-state index contributed by atoms with van der Waals surface area (Å²) in [4.78, 5) is 2.11. The summed E-state index contributed by atoms with van der Waals surface area (Å²) in [6.45, 7) is 5.60. The molecule has 3 nitrogen and oxygen atoms in total. The van der Waals surface area contributed by atoms with Crippen molar-refractivity contribution in [3.63, 3.8) is 0 Å². The predicted octanol–water partition coefficient (Wildman–Crippen LogP) is 2.92. The molecule has 0 amide bonds. The Balaban J connectivity index is 2.61. The van der Waals surface area contributed by atoms with E-state index in [1.54, 1.807) is 7.11 Å². The Morgan fingerprint density at radius 2 is 2.17 bits per heavy atom. The molecule has 0 aromatic heterocycles. The third-order valence-corrected chi connectivity index (χ3v) is 3.11. The van der Waals surface area contributed by atoms with Crippen LogP contribution in [0.2, 0.25) is 5.02 Å². The lowest BCUT2D eigenvalue weighted by Gasteiger charge is -2.20. The van der Waals surface area contributed by atoms with Crippen molar-refractivity contribution in [2.24, 2.45) is 0 Å². The largest absolute Gasteiger partial charge is 0.383 e. The summed E-state index contributed by atoms with van der Waals surface area (Å²) < 4.78 is 5.07. The first-order chi connectivity index (χ1) is 8.69. The van der Waals surface area contributed by atoms with Crippen molar-refractivity contribution in [3.05, 3.63) is 28.8 Å². The van der Waals surface area contributed by atoms with Gasteiger partial charge in [-0.15, -0.1) is 0 Å². The van der Waals surface area contributed by atoms with E-state index in [0.29, 0.717) is 6.61 Å². The number of hydrogen-bond acceptors (Lipinski definition) is 3. The number of methoxy groups -OCH3 is 1. The third-order valence-electron chi connectivity index (χ3n) is 2.81. The van der Waals surface area contributed by atoms with E-state index in [0.717, 1.165) is 36.8 Å². The van der Waals surface area contributed by atoms with Crippen LogP contribution in [-0.2, 0) is 11.3 Å². The van der Waals surface area contributed by atoms with Crippen LogP contribution in [0.3, 0.4) is 0 Å². The topological polar surface area (TPSA) is 24.5 Å². The molecule has 0 saturated carbocycles. The summed E-state index contributed by atoms with van der Waals surface area (Å²) in [7, 11) is 3.73. The Labute approximate surface area is 115 Å². The summed E-state index contributed by atoms with van der Waals surface area (Å²) in [5.41, 5.74) is 2.27. The van der Waals surface area contributed by atoms with E-state index in [-0.39, 0.29) is 0 Å². The molecule has 1 aromatic rings. The molecule has 0 spiro atoms. The van der Waals surface area contributed by atoms with Gasteiger partial charge in [0.05, 0.1) is 17.3 Å². The lowest BCUT2D eigenvalue weighted by molar-refractivity contribution is 0.206. The first-order valence-electron chi connectivity index (χ1n) is 6.38. The van der Waals surface area contributed by atoms with Crippen LogP contribution in [0.4, 0.5) is 5.69 Å². The van der Waals surface area contributed by atoms with E-state index >= 15 is 0 Å². The number of halogens is 1. The van der Waals surface area contributed by atoms with Crippen LogP contribution in [0.1, 0.15) is 18.9 Å². The van der Waals surface area contributed by atoms with Crippen molar-refractivity contribution >= 4 is 17.3 Å². The lowest BCUT2D eigenvalue weighted by atomic mass is 10.2. The highest BCUT2D eigenvalue weighted by molar-refractivity contribution is 6.33. The SMILES string of the molecule is CCCNCc1ccc(N(C)CCOC)c(Cl)c1. The molecule has 0 aliphatic carbocycles. The zero-order chi connectivity index (χ0) is 13.4. The second-order valence-electron chi connectivity index (χ2n) is 4.38. The van der Waals surface area contributed by atoms with Gasteiger partial charge in [-0.2, -0.15) is 0 Å². The molecule has 0 saturated heterocycles. The minimum atomic E-state index is 0.701. The molecule has 0 atom stereocenters. The van der Waals surface area contributed by atoms with Crippen LogP contribution in [0.5, 0.6) is 0 Å². The first kappa shape index (κ1) is 15.3. The fraction of sp³-hybridized carbons (Fsp3) is 0.571. The second-order valence-corrected chi connectivity index (χ2v) is 4.78. The number of rotatable bonds is 8. The van der Waals surface area contributed by atoms with Gasteiger partial charge in [-0.05, 0) is 30.7 Å². The van der Waals surface area contributed by atoms with Gasteiger partial charge in [-0.3, -0.25) is 0 Å². The van der Waals surface area contributed by atoms with E-state index in [1.165, 1.54) is 5.56 Å². The van der Waals surface area contributed by atoms with E-state index in [2.05, 4.69) is 29.3 Å². The van der Waals surface area contributed by atoms with Gasteiger partial charge < -0.3 is 15.0 Å². The Bertz CT molecular complexity index is 358. The van der Waals surface area contributed by atoms with Crippen molar-refractivity contribution in [3.8, 4) is 0 Å². The van der Waals surface area contributed by atoms with E-state index in [4.69, 9.17) is 16.3 Å². The smallest absolute Gasteiger partial charge is 0.0642 e. The Kier molecular flexibility index (Phi) is 7.09. The fourth-order valence-electron chi connectivity index (χ4n) is 1.73. The fourth-order valence-corrected chi connectivity index (χ4v) is 2.08. The zero-order valence-corrected chi connectivity index (χ0v) is 12.3. The number of anilines is 1. The van der Waals surface area contributed by atoms with E-state index in [9.17, 15) is 0 Å². The van der Waals surface area contributed by atoms with Gasteiger partial charge in [0.1, 0.15) is 0 Å². The molecule has 1 N–H and O–H groups in total. The van der Waals surface area contributed by atoms with E-state index < -0.39 is 0 Å². The summed E-state index contributed by atoms with van der Waals surface area (Å²) in [6, 6.07) is 6.22. The summed E-state index contributed by atoms with van der Waals surface area (Å²) in [5, 5.41) is 4.17. The molecular weight excluding hydrogens is 248 g/mol. The molecule has 4 heteroatoms. The third kappa shape index (κ3) is 4.84. The monoisotopic (exact) mass is 270 g/mol. The minimum Gasteiger partial charge on any atom is -0.383 e. The predicted molar refractivity (Wildman–Crippen MR) is 78.6 cm³/mol. The number of benzene rings is 1. The van der Waals surface area contributed by atoms with Crippen molar-refractivity contribution < 1.29 is 4.74 Å². The molecule has 0 unspecified atom stereocenters. The summed E-state index contributed by atoms with van der Waals surface area (Å²) >= 11 is 6.31. The molecule has 1 rings (SSSR count). The Morgan fingerprint density at radius 3 is 2.78 bits per heavy atom. The van der Waals surface area contributed by atoms with Crippen molar-refractivity contribution in [2.75, 3.05) is 38.8 Å².